The van der Waals surface area contributed by atoms with Gasteiger partial charge in [0, 0.05) is 10.1 Å². The zero-order valence-electron chi connectivity index (χ0n) is 9.58. The molecule has 0 radical (unpaired) electrons. The molecule has 0 bridgehead atoms. The topological polar surface area (TPSA) is 49.3 Å². The first-order valence-corrected chi connectivity index (χ1v) is 6.94. The first-order valence-electron chi connectivity index (χ1n) is 5.86. The second-order valence-electron chi connectivity index (χ2n) is 4.59. The van der Waals surface area contributed by atoms with E-state index in [9.17, 15) is 9.90 Å². The van der Waals surface area contributed by atoms with E-state index in [2.05, 4.69) is 27.9 Å². The van der Waals surface area contributed by atoms with Crippen molar-refractivity contribution < 1.29 is 9.90 Å². The normalized spacial score (nSPS) is 18.0. The Morgan fingerprint density at radius 2 is 2.00 bits per heavy atom. The second-order valence-corrected chi connectivity index (χ2v) is 5.76. The van der Waals surface area contributed by atoms with Gasteiger partial charge in [-0.2, -0.15) is 0 Å². The van der Waals surface area contributed by atoms with Crippen molar-refractivity contribution in [2.24, 2.45) is 0 Å². The van der Waals surface area contributed by atoms with Crippen LogP contribution in [0.2, 0.25) is 0 Å². The average molecular weight is 345 g/mol. The van der Waals surface area contributed by atoms with E-state index < -0.39 is 5.60 Å². The van der Waals surface area contributed by atoms with Crippen molar-refractivity contribution in [2.45, 2.75) is 31.3 Å². The number of rotatable bonds is 3. The molecule has 0 heterocycles. The van der Waals surface area contributed by atoms with Gasteiger partial charge in [-0.05, 0) is 47.6 Å². The summed E-state index contributed by atoms with van der Waals surface area (Å²) in [5.41, 5.74) is -0.00900. The van der Waals surface area contributed by atoms with Gasteiger partial charge in [0.1, 0.15) is 0 Å². The van der Waals surface area contributed by atoms with Crippen LogP contribution in [-0.4, -0.2) is 23.2 Å². The Bertz CT molecular complexity index is 414. The second kappa shape index (κ2) is 5.35. The van der Waals surface area contributed by atoms with Crippen molar-refractivity contribution in [3.63, 3.8) is 0 Å². The molecule has 92 valence electrons. The van der Waals surface area contributed by atoms with E-state index in [1.54, 1.807) is 6.07 Å². The highest BCUT2D eigenvalue weighted by Crippen LogP contribution is 2.28. The third-order valence-corrected chi connectivity index (χ3v) is 4.17. The number of aliphatic hydroxyl groups is 1. The van der Waals surface area contributed by atoms with Crippen molar-refractivity contribution in [1.29, 1.82) is 0 Å². The van der Waals surface area contributed by atoms with Crippen LogP contribution in [0.25, 0.3) is 0 Å². The summed E-state index contributed by atoms with van der Waals surface area (Å²) in [6.45, 7) is 0.358. The Morgan fingerprint density at radius 3 is 2.65 bits per heavy atom. The van der Waals surface area contributed by atoms with Crippen molar-refractivity contribution in [2.75, 3.05) is 6.54 Å². The van der Waals surface area contributed by atoms with Gasteiger partial charge in [0.25, 0.3) is 5.91 Å². The molecule has 1 saturated carbocycles. The molecule has 0 saturated heterocycles. The van der Waals surface area contributed by atoms with Crippen LogP contribution in [-0.2, 0) is 0 Å². The van der Waals surface area contributed by atoms with Gasteiger partial charge in [-0.25, -0.2) is 0 Å². The zero-order valence-corrected chi connectivity index (χ0v) is 11.7. The third-order valence-electron chi connectivity index (χ3n) is 3.23. The minimum absolute atomic E-state index is 0.102. The van der Waals surface area contributed by atoms with E-state index >= 15 is 0 Å². The van der Waals surface area contributed by atoms with Crippen LogP contribution in [0.4, 0.5) is 0 Å². The predicted molar refractivity (Wildman–Crippen MR) is 74.9 cm³/mol. The Morgan fingerprint density at radius 1 is 1.35 bits per heavy atom. The third kappa shape index (κ3) is 3.19. The fourth-order valence-corrected chi connectivity index (χ4v) is 2.83. The summed E-state index contributed by atoms with van der Waals surface area (Å²) in [5.74, 6) is -0.102. The molecule has 1 aliphatic rings. The molecular formula is C13H16INO2. The molecule has 1 aromatic carbocycles. The number of hydrogen-bond donors (Lipinski definition) is 2. The Labute approximate surface area is 115 Å². The molecule has 1 aromatic rings. The van der Waals surface area contributed by atoms with Crippen LogP contribution >= 0.6 is 22.6 Å². The fourth-order valence-electron chi connectivity index (χ4n) is 2.20. The van der Waals surface area contributed by atoms with Gasteiger partial charge in [-0.15, -0.1) is 0 Å². The van der Waals surface area contributed by atoms with Gasteiger partial charge in [0.15, 0.2) is 0 Å². The number of benzene rings is 1. The largest absolute Gasteiger partial charge is 0.388 e. The van der Waals surface area contributed by atoms with Gasteiger partial charge in [0.05, 0.1) is 11.2 Å². The number of carbonyl (C=O) groups excluding carboxylic acids is 1. The molecule has 2 rings (SSSR count). The number of carbonyl (C=O) groups is 1. The smallest absolute Gasteiger partial charge is 0.252 e. The number of nitrogens with one attached hydrogen (secondary N) is 1. The van der Waals surface area contributed by atoms with E-state index in [0.29, 0.717) is 12.1 Å². The summed E-state index contributed by atoms with van der Waals surface area (Å²) in [7, 11) is 0. The van der Waals surface area contributed by atoms with Gasteiger partial charge in [0.2, 0.25) is 0 Å². The van der Waals surface area contributed by atoms with Crippen molar-refractivity contribution in [3.05, 3.63) is 33.4 Å². The van der Waals surface area contributed by atoms with E-state index in [4.69, 9.17) is 0 Å². The molecule has 3 nitrogen and oxygen atoms in total. The lowest BCUT2D eigenvalue weighted by molar-refractivity contribution is 0.0449. The molecule has 0 aromatic heterocycles. The van der Waals surface area contributed by atoms with E-state index in [0.717, 1.165) is 29.3 Å². The highest BCUT2D eigenvalue weighted by molar-refractivity contribution is 14.1. The van der Waals surface area contributed by atoms with Gasteiger partial charge in [-0.1, -0.05) is 25.0 Å². The van der Waals surface area contributed by atoms with Crippen LogP contribution in [0.1, 0.15) is 36.0 Å². The monoisotopic (exact) mass is 345 g/mol. The average Bonchev–Trinajstić information content (AvgIpc) is 2.74. The molecule has 1 amide bonds. The van der Waals surface area contributed by atoms with Crippen molar-refractivity contribution in [3.8, 4) is 0 Å². The molecule has 17 heavy (non-hydrogen) atoms. The van der Waals surface area contributed by atoms with Crippen LogP contribution < -0.4 is 5.32 Å². The summed E-state index contributed by atoms with van der Waals surface area (Å²) in [5, 5.41) is 13.0. The first kappa shape index (κ1) is 12.8. The summed E-state index contributed by atoms with van der Waals surface area (Å²) in [4.78, 5) is 11.9. The molecule has 0 aliphatic heterocycles. The molecule has 1 aliphatic carbocycles. The SMILES string of the molecule is O=C(NCC1(O)CCCC1)c1ccccc1I. The summed E-state index contributed by atoms with van der Waals surface area (Å²) in [6.07, 6.45) is 3.68. The molecule has 4 heteroatoms. The van der Waals surface area contributed by atoms with E-state index in [1.165, 1.54) is 0 Å². The lowest BCUT2D eigenvalue weighted by atomic mass is 10.0. The Hall–Kier alpha value is -0.620. The number of amides is 1. The zero-order chi connectivity index (χ0) is 12.3. The van der Waals surface area contributed by atoms with Crippen LogP contribution in [0.15, 0.2) is 24.3 Å². The standard InChI is InChI=1S/C13H16INO2/c14-11-6-2-1-5-10(11)12(16)15-9-13(17)7-3-4-8-13/h1-2,5-6,17H,3-4,7-9H2,(H,15,16). The van der Waals surface area contributed by atoms with Gasteiger partial charge < -0.3 is 10.4 Å². The van der Waals surface area contributed by atoms with Crippen LogP contribution in [0.3, 0.4) is 0 Å². The lowest BCUT2D eigenvalue weighted by Crippen LogP contribution is -2.40. The van der Waals surface area contributed by atoms with Crippen LogP contribution in [0, 0.1) is 3.57 Å². The van der Waals surface area contributed by atoms with E-state index in [1.807, 2.05) is 18.2 Å². The molecule has 0 atom stereocenters. The maximum Gasteiger partial charge on any atom is 0.252 e. The number of hydrogen-bond acceptors (Lipinski definition) is 2. The minimum Gasteiger partial charge on any atom is -0.388 e. The molecule has 0 spiro atoms. The van der Waals surface area contributed by atoms with Crippen molar-refractivity contribution in [1.82, 2.24) is 5.32 Å². The van der Waals surface area contributed by atoms with Crippen LogP contribution in [0.5, 0.6) is 0 Å². The first-order chi connectivity index (χ1) is 8.11. The summed E-state index contributed by atoms with van der Waals surface area (Å²) < 4.78 is 0.931. The lowest BCUT2D eigenvalue weighted by Gasteiger charge is -2.22. The summed E-state index contributed by atoms with van der Waals surface area (Å²) in [6, 6.07) is 7.46. The van der Waals surface area contributed by atoms with Gasteiger partial charge >= 0.3 is 0 Å². The summed E-state index contributed by atoms with van der Waals surface area (Å²) >= 11 is 2.14. The molecule has 1 fully saturated rings. The van der Waals surface area contributed by atoms with E-state index in [-0.39, 0.29) is 5.91 Å². The maximum absolute atomic E-state index is 11.9. The molecular weight excluding hydrogens is 329 g/mol. The molecule has 0 unspecified atom stereocenters. The quantitative estimate of drug-likeness (QED) is 0.827. The molecule has 2 N–H and O–H groups in total. The van der Waals surface area contributed by atoms with Gasteiger partial charge in [-0.3, -0.25) is 4.79 Å². The predicted octanol–water partition coefficient (Wildman–Crippen LogP) is 2.33. The van der Waals surface area contributed by atoms with Crippen molar-refractivity contribution >= 4 is 28.5 Å². The Kier molecular flexibility index (Phi) is 4.04. The fraction of sp³-hybridized carbons (Fsp3) is 0.462. The number of halogens is 1. The highest BCUT2D eigenvalue weighted by atomic mass is 127. The minimum atomic E-state index is -0.685. The Balaban J connectivity index is 1.96. The highest BCUT2D eigenvalue weighted by Gasteiger charge is 2.31. The maximum atomic E-state index is 11.9.